The molecule has 5 nitrogen and oxygen atoms in total. The van der Waals surface area contributed by atoms with E-state index in [1.54, 1.807) is 18.9 Å². The zero-order valence-corrected chi connectivity index (χ0v) is 10.8. The molecule has 98 valence electrons. The average molecular weight is 242 g/mol. The molecule has 1 aliphatic rings. The number of piperidine rings is 1. The zero-order chi connectivity index (χ0) is 13.0. The van der Waals surface area contributed by atoms with Crippen molar-refractivity contribution in [3.63, 3.8) is 0 Å². The molecule has 5 heteroatoms. The standard InChI is InChI=1S/C12H22N2O3/c1-9(12(16)17)8-11(15)14(3)10-4-6-13(2)7-5-10/h9-10H,4-8H2,1-3H3,(H,16,17). The van der Waals surface area contributed by atoms with Crippen LogP contribution in [0.2, 0.25) is 0 Å². The van der Waals surface area contributed by atoms with Gasteiger partial charge in [0.25, 0.3) is 0 Å². The van der Waals surface area contributed by atoms with Crippen LogP contribution in [-0.4, -0.2) is 60.0 Å². The molecule has 1 amide bonds. The minimum Gasteiger partial charge on any atom is -0.481 e. The van der Waals surface area contributed by atoms with Crippen molar-refractivity contribution in [3.05, 3.63) is 0 Å². The largest absolute Gasteiger partial charge is 0.481 e. The summed E-state index contributed by atoms with van der Waals surface area (Å²) in [5.41, 5.74) is 0. The molecular weight excluding hydrogens is 220 g/mol. The average Bonchev–Trinajstić information content (AvgIpc) is 2.28. The van der Waals surface area contributed by atoms with E-state index in [0.29, 0.717) is 0 Å². The maximum atomic E-state index is 11.9. The van der Waals surface area contributed by atoms with Crippen LogP contribution in [0.1, 0.15) is 26.2 Å². The van der Waals surface area contributed by atoms with Gasteiger partial charge in [0.1, 0.15) is 0 Å². The van der Waals surface area contributed by atoms with Crippen LogP contribution in [0.15, 0.2) is 0 Å². The van der Waals surface area contributed by atoms with Crippen LogP contribution in [0.25, 0.3) is 0 Å². The Morgan fingerprint density at radius 3 is 2.41 bits per heavy atom. The van der Waals surface area contributed by atoms with Gasteiger partial charge in [0.05, 0.1) is 5.92 Å². The molecule has 17 heavy (non-hydrogen) atoms. The van der Waals surface area contributed by atoms with E-state index in [0.717, 1.165) is 25.9 Å². The first-order chi connectivity index (χ1) is 7.91. The second-order valence-corrected chi connectivity index (χ2v) is 4.98. The van der Waals surface area contributed by atoms with Crippen molar-refractivity contribution in [2.75, 3.05) is 27.2 Å². The predicted octanol–water partition coefficient (Wildman–Crippen LogP) is 0.650. The van der Waals surface area contributed by atoms with Crippen molar-refractivity contribution < 1.29 is 14.7 Å². The van der Waals surface area contributed by atoms with Crippen LogP contribution in [0.3, 0.4) is 0 Å². The van der Waals surface area contributed by atoms with E-state index in [-0.39, 0.29) is 18.4 Å². The lowest BCUT2D eigenvalue weighted by atomic mass is 10.0. The fraction of sp³-hybridized carbons (Fsp3) is 0.833. The van der Waals surface area contributed by atoms with Gasteiger partial charge >= 0.3 is 5.97 Å². The summed E-state index contributed by atoms with van der Waals surface area (Å²) in [7, 11) is 3.86. The topological polar surface area (TPSA) is 60.9 Å². The molecule has 0 bridgehead atoms. The van der Waals surface area contributed by atoms with E-state index < -0.39 is 11.9 Å². The quantitative estimate of drug-likeness (QED) is 0.786. The molecule has 1 N–H and O–H groups in total. The van der Waals surface area contributed by atoms with Crippen LogP contribution in [0.5, 0.6) is 0 Å². The molecule has 0 saturated carbocycles. The molecule has 0 spiro atoms. The number of hydrogen-bond donors (Lipinski definition) is 1. The first-order valence-corrected chi connectivity index (χ1v) is 6.08. The molecule has 0 aromatic carbocycles. The summed E-state index contributed by atoms with van der Waals surface area (Å²) in [6.45, 7) is 3.57. The van der Waals surface area contributed by atoms with Crippen molar-refractivity contribution in [2.24, 2.45) is 5.92 Å². The molecule has 1 saturated heterocycles. The van der Waals surface area contributed by atoms with Crippen LogP contribution in [0.4, 0.5) is 0 Å². The van der Waals surface area contributed by atoms with E-state index in [1.807, 2.05) is 0 Å². The Labute approximate surface area is 102 Å². The predicted molar refractivity (Wildman–Crippen MR) is 64.7 cm³/mol. The summed E-state index contributed by atoms with van der Waals surface area (Å²) >= 11 is 0. The highest BCUT2D eigenvalue weighted by atomic mass is 16.4. The number of carboxylic acids is 1. The summed E-state index contributed by atoms with van der Waals surface area (Å²) in [6, 6.07) is 0.264. The Bertz CT molecular complexity index is 285. The van der Waals surface area contributed by atoms with E-state index in [2.05, 4.69) is 11.9 Å². The molecule has 1 atom stereocenters. The van der Waals surface area contributed by atoms with Crippen molar-refractivity contribution in [2.45, 2.75) is 32.2 Å². The van der Waals surface area contributed by atoms with Gasteiger partial charge in [0, 0.05) is 19.5 Å². The molecule has 1 heterocycles. The van der Waals surface area contributed by atoms with Crippen molar-refractivity contribution >= 4 is 11.9 Å². The van der Waals surface area contributed by atoms with E-state index >= 15 is 0 Å². The number of rotatable bonds is 4. The molecule has 0 aromatic heterocycles. The Morgan fingerprint density at radius 2 is 1.94 bits per heavy atom. The summed E-state index contributed by atoms with van der Waals surface area (Å²) in [4.78, 5) is 26.6. The van der Waals surface area contributed by atoms with Gasteiger partial charge in [-0.2, -0.15) is 0 Å². The van der Waals surface area contributed by atoms with Gasteiger partial charge in [-0.1, -0.05) is 6.92 Å². The fourth-order valence-electron chi connectivity index (χ4n) is 2.08. The number of carbonyl (C=O) groups is 2. The molecule has 1 aliphatic heterocycles. The normalized spacial score (nSPS) is 19.9. The van der Waals surface area contributed by atoms with Gasteiger partial charge in [-0.25, -0.2) is 0 Å². The first kappa shape index (κ1) is 14.0. The van der Waals surface area contributed by atoms with Crippen LogP contribution < -0.4 is 0 Å². The fourth-order valence-corrected chi connectivity index (χ4v) is 2.08. The Hall–Kier alpha value is -1.10. The lowest BCUT2D eigenvalue weighted by Gasteiger charge is -2.35. The van der Waals surface area contributed by atoms with Gasteiger partial charge in [-0.3, -0.25) is 9.59 Å². The number of aliphatic carboxylic acids is 1. The van der Waals surface area contributed by atoms with E-state index in [9.17, 15) is 9.59 Å². The van der Waals surface area contributed by atoms with Crippen molar-refractivity contribution in [3.8, 4) is 0 Å². The maximum absolute atomic E-state index is 11.9. The number of amides is 1. The molecule has 1 unspecified atom stereocenters. The molecule has 1 rings (SSSR count). The number of carbonyl (C=O) groups excluding carboxylic acids is 1. The third-order valence-corrected chi connectivity index (χ3v) is 3.53. The highest BCUT2D eigenvalue weighted by Gasteiger charge is 2.26. The molecule has 1 fully saturated rings. The Kier molecular flexibility index (Phi) is 4.93. The van der Waals surface area contributed by atoms with Gasteiger partial charge in [0.2, 0.25) is 5.91 Å². The van der Waals surface area contributed by atoms with Crippen molar-refractivity contribution in [1.82, 2.24) is 9.80 Å². The first-order valence-electron chi connectivity index (χ1n) is 6.08. The summed E-state index contributed by atoms with van der Waals surface area (Å²) in [6.07, 6.45) is 2.04. The summed E-state index contributed by atoms with van der Waals surface area (Å²) in [5, 5.41) is 8.78. The summed E-state index contributed by atoms with van der Waals surface area (Å²) in [5.74, 6) is -1.57. The van der Waals surface area contributed by atoms with Gasteiger partial charge in [0.15, 0.2) is 0 Å². The highest BCUT2D eigenvalue weighted by Crippen LogP contribution is 2.16. The highest BCUT2D eigenvalue weighted by molar-refractivity contribution is 5.82. The van der Waals surface area contributed by atoms with E-state index in [4.69, 9.17) is 5.11 Å². The summed E-state index contributed by atoms with van der Waals surface area (Å²) < 4.78 is 0. The Balaban J connectivity index is 2.43. The van der Waals surface area contributed by atoms with Crippen LogP contribution in [0, 0.1) is 5.92 Å². The zero-order valence-electron chi connectivity index (χ0n) is 10.8. The second-order valence-electron chi connectivity index (χ2n) is 4.98. The van der Waals surface area contributed by atoms with Crippen molar-refractivity contribution in [1.29, 1.82) is 0 Å². The number of carboxylic acid groups (broad SMARTS) is 1. The Morgan fingerprint density at radius 1 is 1.41 bits per heavy atom. The van der Waals surface area contributed by atoms with Gasteiger partial charge in [-0.15, -0.1) is 0 Å². The second kappa shape index (κ2) is 6.00. The third-order valence-electron chi connectivity index (χ3n) is 3.53. The van der Waals surface area contributed by atoms with E-state index in [1.165, 1.54) is 0 Å². The SMILES string of the molecule is CC(CC(=O)N(C)C1CCN(C)CC1)C(=O)O. The molecule has 0 aliphatic carbocycles. The van der Waals surface area contributed by atoms with Gasteiger partial charge in [-0.05, 0) is 33.0 Å². The van der Waals surface area contributed by atoms with Crippen LogP contribution >= 0.6 is 0 Å². The third kappa shape index (κ3) is 4.00. The molecule has 0 aromatic rings. The minimum absolute atomic E-state index is 0.0607. The minimum atomic E-state index is -0.907. The molecular formula is C12H22N2O3. The maximum Gasteiger partial charge on any atom is 0.306 e. The lowest BCUT2D eigenvalue weighted by Crippen LogP contribution is -2.45. The number of likely N-dealkylation sites (tertiary alicyclic amines) is 1. The number of hydrogen-bond acceptors (Lipinski definition) is 3. The molecule has 0 radical (unpaired) electrons. The van der Waals surface area contributed by atoms with Crippen LogP contribution in [-0.2, 0) is 9.59 Å². The van der Waals surface area contributed by atoms with Gasteiger partial charge < -0.3 is 14.9 Å². The lowest BCUT2D eigenvalue weighted by molar-refractivity contribution is -0.145. The number of nitrogens with zero attached hydrogens (tertiary/aromatic N) is 2. The smallest absolute Gasteiger partial charge is 0.306 e. The monoisotopic (exact) mass is 242 g/mol.